The highest BCUT2D eigenvalue weighted by Crippen LogP contribution is 2.10. The molecule has 0 fully saturated rings. The van der Waals surface area contributed by atoms with Crippen LogP contribution in [0.25, 0.3) is 0 Å². The van der Waals surface area contributed by atoms with Crippen LogP contribution in [0.4, 0.5) is 5.69 Å². The Labute approximate surface area is 107 Å². The molecule has 5 heteroatoms. The first-order valence-corrected chi connectivity index (χ1v) is 6.06. The SMILES string of the molecule is CO/C1=N/CCN(Cc2cccc(N)c2)CCO1. The van der Waals surface area contributed by atoms with E-state index in [2.05, 4.69) is 16.0 Å². The molecule has 0 spiro atoms. The van der Waals surface area contributed by atoms with Crippen molar-refractivity contribution in [3.63, 3.8) is 0 Å². The van der Waals surface area contributed by atoms with Gasteiger partial charge in [-0.15, -0.1) is 0 Å². The molecule has 0 radical (unpaired) electrons. The largest absolute Gasteiger partial charge is 0.454 e. The van der Waals surface area contributed by atoms with Gasteiger partial charge in [-0.25, -0.2) is 4.99 Å². The minimum Gasteiger partial charge on any atom is -0.454 e. The van der Waals surface area contributed by atoms with Gasteiger partial charge in [-0.1, -0.05) is 12.1 Å². The van der Waals surface area contributed by atoms with Crippen molar-refractivity contribution in [3.05, 3.63) is 29.8 Å². The Morgan fingerprint density at radius 1 is 1.44 bits per heavy atom. The molecule has 0 atom stereocenters. The van der Waals surface area contributed by atoms with Gasteiger partial charge in [0.1, 0.15) is 6.61 Å². The first kappa shape index (κ1) is 12.7. The van der Waals surface area contributed by atoms with E-state index in [0.29, 0.717) is 19.2 Å². The fourth-order valence-corrected chi connectivity index (χ4v) is 1.93. The zero-order valence-electron chi connectivity index (χ0n) is 10.6. The van der Waals surface area contributed by atoms with Crippen LogP contribution in [-0.2, 0) is 16.0 Å². The minimum atomic E-state index is 0.388. The van der Waals surface area contributed by atoms with Crippen molar-refractivity contribution >= 4 is 11.8 Å². The van der Waals surface area contributed by atoms with E-state index >= 15 is 0 Å². The second kappa shape index (κ2) is 6.26. The van der Waals surface area contributed by atoms with Crippen LogP contribution in [0, 0.1) is 0 Å². The number of benzene rings is 1. The van der Waals surface area contributed by atoms with Crippen LogP contribution in [0.5, 0.6) is 0 Å². The lowest BCUT2D eigenvalue weighted by molar-refractivity contribution is 0.144. The molecule has 1 aromatic rings. The molecule has 0 unspecified atom stereocenters. The minimum absolute atomic E-state index is 0.388. The Kier molecular flexibility index (Phi) is 4.41. The third-order valence-corrected chi connectivity index (χ3v) is 2.82. The smallest absolute Gasteiger partial charge is 0.383 e. The molecule has 0 bridgehead atoms. The van der Waals surface area contributed by atoms with Crippen LogP contribution in [-0.4, -0.2) is 44.3 Å². The van der Waals surface area contributed by atoms with Gasteiger partial charge in [-0.2, -0.15) is 0 Å². The maximum Gasteiger partial charge on any atom is 0.383 e. The second-order valence-electron chi connectivity index (χ2n) is 4.22. The molecule has 5 nitrogen and oxygen atoms in total. The van der Waals surface area contributed by atoms with E-state index in [4.69, 9.17) is 15.2 Å². The number of ether oxygens (including phenoxy) is 2. The summed E-state index contributed by atoms with van der Waals surface area (Å²) in [7, 11) is 1.57. The lowest BCUT2D eigenvalue weighted by Gasteiger charge is -2.23. The topological polar surface area (TPSA) is 60.1 Å². The fraction of sp³-hybridized carbons (Fsp3) is 0.462. The van der Waals surface area contributed by atoms with Crippen LogP contribution >= 0.6 is 0 Å². The molecular weight excluding hydrogens is 230 g/mol. The Bertz CT molecular complexity index is 420. The molecule has 0 saturated carbocycles. The predicted octanol–water partition coefficient (Wildman–Crippen LogP) is 1.10. The third-order valence-electron chi connectivity index (χ3n) is 2.82. The van der Waals surface area contributed by atoms with Crippen molar-refractivity contribution in [2.45, 2.75) is 6.54 Å². The zero-order chi connectivity index (χ0) is 12.8. The first-order chi connectivity index (χ1) is 8.78. The molecule has 0 aliphatic carbocycles. The number of hydrogen-bond acceptors (Lipinski definition) is 5. The summed E-state index contributed by atoms with van der Waals surface area (Å²) >= 11 is 0. The highest BCUT2D eigenvalue weighted by molar-refractivity contribution is 5.66. The Balaban J connectivity index is 1.92. The first-order valence-electron chi connectivity index (χ1n) is 6.06. The van der Waals surface area contributed by atoms with Crippen LogP contribution in [0.3, 0.4) is 0 Å². The van der Waals surface area contributed by atoms with Crippen molar-refractivity contribution in [2.75, 3.05) is 39.1 Å². The molecule has 0 amide bonds. The number of methoxy groups -OCH3 is 1. The summed E-state index contributed by atoms with van der Waals surface area (Å²) in [4.78, 5) is 6.51. The van der Waals surface area contributed by atoms with Crippen molar-refractivity contribution in [1.29, 1.82) is 0 Å². The van der Waals surface area contributed by atoms with E-state index in [-0.39, 0.29) is 0 Å². The van der Waals surface area contributed by atoms with Crippen LogP contribution in [0.15, 0.2) is 29.3 Å². The summed E-state index contributed by atoms with van der Waals surface area (Å²) in [5, 5.41) is 0. The van der Waals surface area contributed by atoms with Crippen molar-refractivity contribution < 1.29 is 9.47 Å². The number of rotatable bonds is 2. The molecule has 1 aromatic carbocycles. The van der Waals surface area contributed by atoms with Gasteiger partial charge in [0.2, 0.25) is 0 Å². The number of aliphatic imine (C=N–C) groups is 1. The van der Waals surface area contributed by atoms with E-state index in [0.717, 1.165) is 25.3 Å². The number of nitrogen functional groups attached to an aromatic ring is 1. The average Bonchev–Trinajstić information content (AvgIpc) is 2.32. The second-order valence-corrected chi connectivity index (χ2v) is 4.22. The maximum absolute atomic E-state index is 5.77. The highest BCUT2D eigenvalue weighted by Gasteiger charge is 2.11. The number of nitrogens with zero attached hydrogens (tertiary/aromatic N) is 2. The maximum atomic E-state index is 5.77. The molecule has 0 aromatic heterocycles. The zero-order valence-corrected chi connectivity index (χ0v) is 10.6. The summed E-state index contributed by atoms with van der Waals surface area (Å²) in [6.45, 7) is 3.90. The van der Waals surface area contributed by atoms with Gasteiger partial charge in [0.05, 0.1) is 13.7 Å². The average molecular weight is 249 g/mol. The van der Waals surface area contributed by atoms with Gasteiger partial charge >= 0.3 is 6.08 Å². The van der Waals surface area contributed by atoms with Gasteiger partial charge in [0.25, 0.3) is 0 Å². The Morgan fingerprint density at radius 2 is 2.33 bits per heavy atom. The number of anilines is 1. The normalized spacial score (nSPS) is 20.2. The summed E-state index contributed by atoms with van der Waals surface area (Å²) in [5.41, 5.74) is 7.79. The predicted molar refractivity (Wildman–Crippen MR) is 71.4 cm³/mol. The van der Waals surface area contributed by atoms with Crippen molar-refractivity contribution in [3.8, 4) is 0 Å². The molecule has 0 saturated heterocycles. The molecule has 18 heavy (non-hydrogen) atoms. The standard InChI is InChI=1S/C13H19N3O2/c1-17-13-15-5-6-16(7-8-18-13)10-11-3-2-4-12(14)9-11/h2-4,9H,5-8,10,14H2,1H3/b15-13-. The van der Waals surface area contributed by atoms with E-state index in [9.17, 15) is 0 Å². The molecule has 2 rings (SSSR count). The summed E-state index contributed by atoms with van der Waals surface area (Å²) < 4.78 is 10.4. The Morgan fingerprint density at radius 3 is 3.11 bits per heavy atom. The van der Waals surface area contributed by atoms with E-state index in [1.807, 2.05) is 18.2 Å². The van der Waals surface area contributed by atoms with Crippen LogP contribution < -0.4 is 5.73 Å². The van der Waals surface area contributed by atoms with Crippen LogP contribution in [0.1, 0.15) is 5.56 Å². The molecule has 1 heterocycles. The number of nitrogens with two attached hydrogens (primary N) is 1. The van der Waals surface area contributed by atoms with E-state index < -0.39 is 0 Å². The van der Waals surface area contributed by atoms with Gasteiger partial charge < -0.3 is 15.2 Å². The molecule has 1 aliphatic heterocycles. The summed E-state index contributed by atoms with van der Waals surface area (Å²) in [6, 6.07) is 7.96. The van der Waals surface area contributed by atoms with E-state index in [1.54, 1.807) is 7.11 Å². The van der Waals surface area contributed by atoms with Gasteiger partial charge in [0, 0.05) is 25.3 Å². The summed E-state index contributed by atoms with van der Waals surface area (Å²) in [6.07, 6.45) is 0.388. The monoisotopic (exact) mass is 249 g/mol. The highest BCUT2D eigenvalue weighted by atomic mass is 16.7. The van der Waals surface area contributed by atoms with Crippen molar-refractivity contribution in [1.82, 2.24) is 4.90 Å². The van der Waals surface area contributed by atoms with Crippen LogP contribution in [0.2, 0.25) is 0 Å². The molecule has 1 aliphatic rings. The molecular formula is C13H19N3O2. The van der Waals surface area contributed by atoms with Gasteiger partial charge in [-0.3, -0.25) is 4.90 Å². The van der Waals surface area contributed by atoms with Crippen molar-refractivity contribution in [2.24, 2.45) is 4.99 Å². The lowest BCUT2D eigenvalue weighted by Crippen LogP contribution is -2.32. The van der Waals surface area contributed by atoms with E-state index in [1.165, 1.54) is 5.56 Å². The van der Waals surface area contributed by atoms with Gasteiger partial charge in [0.15, 0.2) is 0 Å². The fourth-order valence-electron chi connectivity index (χ4n) is 1.93. The lowest BCUT2D eigenvalue weighted by atomic mass is 10.2. The molecule has 2 N–H and O–H groups in total. The Hall–Kier alpha value is -1.75. The summed E-state index contributed by atoms with van der Waals surface area (Å²) in [5.74, 6) is 0. The quantitative estimate of drug-likeness (QED) is 0.797. The molecule has 98 valence electrons. The number of hydrogen-bond donors (Lipinski definition) is 1. The third kappa shape index (κ3) is 3.63. The van der Waals surface area contributed by atoms with Gasteiger partial charge in [-0.05, 0) is 17.7 Å².